The molecule has 0 aliphatic rings. The summed E-state index contributed by atoms with van der Waals surface area (Å²) in [7, 11) is -2.22. The molecule has 1 aromatic rings. The maximum Gasteiger partial charge on any atom is 0.392 e. The molecule has 0 spiro atoms. The van der Waals surface area contributed by atoms with E-state index < -0.39 is 8.56 Å². The van der Waals surface area contributed by atoms with E-state index >= 15 is 0 Å². The number of unbranched alkanes of at least 4 members (excludes halogenated alkanes) is 2. The van der Waals surface area contributed by atoms with Crippen LogP contribution >= 0.6 is 34.8 Å². The van der Waals surface area contributed by atoms with Crippen molar-refractivity contribution in [2.75, 3.05) is 6.61 Å². The lowest BCUT2D eigenvalue weighted by molar-refractivity contribution is 0.241. The first-order chi connectivity index (χ1) is 8.85. The Kier molecular flexibility index (Phi) is 6.98. The van der Waals surface area contributed by atoms with Crippen molar-refractivity contribution in [3.63, 3.8) is 0 Å². The van der Waals surface area contributed by atoms with Gasteiger partial charge in [-0.15, -0.1) is 0 Å². The lowest BCUT2D eigenvalue weighted by Crippen LogP contribution is -2.38. The van der Waals surface area contributed by atoms with Crippen molar-refractivity contribution >= 4 is 43.4 Å². The summed E-state index contributed by atoms with van der Waals surface area (Å²) in [6.07, 6.45) is 3.40. The molecule has 0 aliphatic heterocycles. The molecule has 19 heavy (non-hydrogen) atoms. The molecule has 0 radical (unpaired) electrons. The minimum Gasteiger partial charge on any atom is -0.520 e. The zero-order valence-electron chi connectivity index (χ0n) is 11.4. The number of benzene rings is 1. The molecule has 1 aromatic carbocycles. The molecule has 1 rings (SSSR count). The van der Waals surface area contributed by atoms with Gasteiger partial charge in [-0.25, -0.2) is 0 Å². The molecular weight excluding hydrogens is 323 g/mol. The zero-order chi connectivity index (χ0) is 14.5. The van der Waals surface area contributed by atoms with Crippen molar-refractivity contribution in [1.82, 2.24) is 0 Å². The second-order valence-corrected chi connectivity index (χ2v) is 9.24. The first kappa shape index (κ1) is 17.1. The standard InChI is InChI=1S/C13H19Cl3O2Si/c1-4-5-6-7-17-19(2,3)18-10-8-11(14)13(16)12(15)9-10/h8-9H,4-7H2,1-3H3. The highest BCUT2D eigenvalue weighted by molar-refractivity contribution is 6.65. The van der Waals surface area contributed by atoms with Crippen molar-refractivity contribution in [3.05, 3.63) is 27.2 Å². The molecule has 0 heterocycles. The van der Waals surface area contributed by atoms with Gasteiger partial charge in [0.2, 0.25) is 0 Å². The summed E-state index contributed by atoms with van der Waals surface area (Å²) in [5.41, 5.74) is 0. The van der Waals surface area contributed by atoms with E-state index in [1.807, 2.05) is 13.1 Å². The van der Waals surface area contributed by atoms with Gasteiger partial charge in [0.25, 0.3) is 0 Å². The summed E-state index contributed by atoms with van der Waals surface area (Å²) in [6.45, 7) is 6.88. The Morgan fingerprint density at radius 2 is 1.63 bits per heavy atom. The average Bonchev–Trinajstić information content (AvgIpc) is 2.31. The van der Waals surface area contributed by atoms with Gasteiger partial charge in [-0.05, 0) is 31.6 Å². The third-order valence-corrected chi connectivity index (χ3v) is 5.34. The Morgan fingerprint density at radius 1 is 1.05 bits per heavy atom. The number of halogens is 3. The van der Waals surface area contributed by atoms with E-state index in [2.05, 4.69) is 6.92 Å². The first-order valence-corrected chi connectivity index (χ1v) is 10.3. The molecule has 2 nitrogen and oxygen atoms in total. The molecule has 0 bridgehead atoms. The molecule has 0 aromatic heterocycles. The fraction of sp³-hybridized carbons (Fsp3) is 0.538. The highest BCUT2D eigenvalue weighted by Crippen LogP contribution is 2.35. The van der Waals surface area contributed by atoms with Crippen LogP contribution in [0.2, 0.25) is 28.2 Å². The van der Waals surface area contributed by atoms with E-state index in [9.17, 15) is 0 Å². The van der Waals surface area contributed by atoms with Gasteiger partial charge in [0.15, 0.2) is 0 Å². The third kappa shape index (κ3) is 5.92. The van der Waals surface area contributed by atoms with E-state index in [1.54, 1.807) is 12.1 Å². The Bertz CT molecular complexity index is 401. The monoisotopic (exact) mass is 340 g/mol. The molecule has 0 aliphatic carbocycles. The van der Waals surface area contributed by atoms with Crippen molar-refractivity contribution in [3.8, 4) is 5.75 Å². The second kappa shape index (κ2) is 7.74. The number of rotatable bonds is 7. The molecule has 0 fully saturated rings. The van der Waals surface area contributed by atoms with Gasteiger partial charge in [-0.3, -0.25) is 0 Å². The van der Waals surface area contributed by atoms with Gasteiger partial charge < -0.3 is 8.85 Å². The molecule has 6 heteroatoms. The normalized spacial score (nSPS) is 11.7. The maximum absolute atomic E-state index is 5.97. The van der Waals surface area contributed by atoms with Crippen LogP contribution in [-0.2, 0) is 4.43 Å². The molecule has 0 saturated carbocycles. The smallest absolute Gasteiger partial charge is 0.392 e. The van der Waals surface area contributed by atoms with Crippen LogP contribution in [0.3, 0.4) is 0 Å². The van der Waals surface area contributed by atoms with Crippen LogP contribution in [-0.4, -0.2) is 15.2 Å². The van der Waals surface area contributed by atoms with Crippen LogP contribution in [0.25, 0.3) is 0 Å². The Hall–Kier alpha value is 0.0669. The van der Waals surface area contributed by atoms with Gasteiger partial charge in [-0.2, -0.15) is 0 Å². The molecule has 0 atom stereocenters. The quantitative estimate of drug-likeness (QED) is 0.347. The number of hydrogen-bond acceptors (Lipinski definition) is 2. The Morgan fingerprint density at radius 3 is 2.16 bits per heavy atom. The van der Waals surface area contributed by atoms with E-state index in [1.165, 1.54) is 12.8 Å². The summed E-state index contributed by atoms with van der Waals surface area (Å²) in [6, 6.07) is 3.33. The fourth-order valence-electron chi connectivity index (χ4n) is 1.57. The van der Waals surface area contributed by atoms with Crippen LogP contribution in [0.4, 0.5) is 0 Å². The predicted octanol–water partition coefficient (Wildman–Crippen LogP) is 5.93. The highest BCUT2D eigenvalue weighted by Gasteiger charge is 2.27. The SMILES string of the molecule is CCCCCO[Si](C)(C)Oc1cc(Cl)c(Cl)c(Cl)c1. The molecule has 108 valence electrons. The fourth-order valence-corrected chi connectivity index (χ4v) is 3.53. The zero-order valence-corrected chi connectivity index (χ0v) is 14.7. The molecule has 0 saturated heterocycles. The highest BCUT2D eigenvalue weighted by atomic mass is 35.5. The van der Waals surface area contributed by atoms with E-state index in [-0.39, 0.29) is 0 Å². The van der Waals surface area contributed by atoms with Gasteiger partial charge in [0.05, 0.1) is 15.1 Å². The van der Waals surface area contributed by atoms with Gasteiger partial charge in [0.1, 0.15) is 5.75 Å². The topological polar surface area (TPSA) is 18.5 Å². The van der Waals surface area contributed by atoms with Crippen molar-refractivity contribution in [2.24, 2.45) is 0 Å². The van der Waals surface area contributed by atoms with Crippen LogP contribution in [0.15, 0.2) is 12.1 Å². The van der Waals surface area contributed by atoms with Crippen LogP contribution < -0.4 is 4.43 Å². The summed E-state index contributed by atoms with van der Waals surface area (Å²) < 4.78 is 11.7. The Labute approximate surface area is 131 Å². The molecule has 0 amide bonds. The summed E-state index contributed by atoms with van der Waals surface area (Å²) in [5, 5.41) is 1.12. The largest absolute Gasteiger partial charge is 0.520 e. The first-order valence-electron chi connectivity index (χ1n) is 6.33. The van der Waals surface area contributed by atoms with Crippen LogP contribution in [0.1, 0.15) is 26.2 Å². The van der Waals surface area contributed by atoms with Crippen LogP contribution in [0, 0.1) is 0 Å². The van der Waals surface area contributed by atoms with Crippen molar-refractivity contribution in [2.45, 2.75) is 39.3 Å². The van der Waals surface area contributed by atoms with E-state index in [0.717, 1.165) is 13.0 Å². The number of hydrogen-bond donors (Lipinski definition) is 0. The summed E-state index contributed by atoms with van der Waals surface area (Å²) in [5.74, 6) is 0.603. The average molecular weight is 342 g/mol. The lowest BCUT2D eigenvalue weighted by Gasteiger charge is -2.24. The molecule has 0 N–H and O–H groups in total. The molecule has 0 unspecified atom stereocenters. The lowest BCUT2D eigenvalue weighted by atomic mass is 10.3. The van der Waals surface area contributed by atoms with E-state index in [0.29, 0.717) is 20.8 Å². The van der Waals surface area contributed by atoms with Crippen molar-refractivity contribution in [1.29, 1.82) is 0 Å². The molecular formula is C13H19Cl3O2Si. The van der Waals surface area contributed by atoms with Gasteiger partial charge >= 0.3 is 8.56 Å². The summed E-state index contributed by atoms with van der Waals surface area (Å²) in [4.78, 5) is 0. The maximum atomic E-state index is 5.97. The second-order valence-electron chi connectivity index (χ2n) is 4.76. The van der Waals surface area contributed by atoms with Gasteiger partial charge in [-0.1, -0.05) is 54.6 Å². The van der Waals surface area contributed by atoms with Gasteiger partial charge in [0, 0.05) is 6.61 Å². The van der Waals surface area contributed by atoms with Crippen molar-refractivity contribution < 1.29 is 8.85 Å². The minimum absolute atomic E-state index is 0.346. The predicted molar refractivity (Wildman–Crippen MR) is 85.1 cm³/mol. The van der Waals surface area contributed by atoms with E-state index in [4.69, 9.17) is 43.7 Å². The summed E-state index contributed by atoms with van der Waals surface area (Å²) >= 11 is 17.8. The van der Waals surface area contributed by atoms with Crippen LogP contribution in [0.5, 0.6) is 5.75 Å². The minimum atomic E-state index is -2.22. The Balaban J connectivity index is 2.62. The third-order valence-electron chi connectivity index (χ3n) is 2.52.